The maximum absolute atomic E-state index is 4.21. The number of nitrogens with zero attached hydrogens (tertiary/aromatic N) is 2. The average molecular weight is 242 g/mol. The van der Waals surface area contributed by atoms with Gasteiger partial charge in [0.05, 0.1) is 6.54 Å². The monoisotopic (exact) mass is 242 g/mol. The number of hydrogen-bond acceptors (Lipinski definition) is 3. The van der Waals surface area contributed by atoms with Gasteiger partial charge in [-0.25, -0.2) is 0 Å². The molecule has 94 valence electrons. The van der Waals surface area contributed by atoms with Crippen LogP contribution >= 0.6 is 0 Å². The molecule has 0 aliphatic carbocycles. The minimum atomic E-state index is 0.571. The Bertz CT molecular complexity index is 469. The van der Waals surface area contributed by atoms with Gasteiger partial charge in [0.1, 0.15) is 0 Å². The average Bonchev–Trinajstić information content (AvgIpc) is 3.05. The van der Waals surface area contributed by atoms with E-state index < -0.39 is 0 Å². The molecule has 0 spiro atoms. The second-order valence-corrected chi connectivity index (χ2v) is 4.73. The molecule has 1 fully saturated rings. The summed E-state index contributed by atoms with van der Waals surface area (Å²) in [6.07, 6.45) is 4.99. The molecule has 2 N–H and O–H groups in total. The first-order chi connectivity index (χ1) is 8.90. The van der Waals surface area contributed by atoms with Crippen molar-refractivity contribution in [2.45, 2.75) is 19.0 Å². The quantitative estimate of drug-likeness (QED) is 0.857. The minimum Gasteiger partial charge on any atom is -0.381 e. The Morgan fingerprint density at radius 1 is 1.33 bits per heavy atom. The van der Waals surface area contributed by atoms with Crippen molar-refractivity contribution in [1.29, 1.82) is 0 Å². The number of aromatic nitrogens is 2. The second-order valence-electron chi connectivity index (χ2n) is 4.73. The summed E-state index contributed by atoms with van der Waals surface area (Å²) in [5.41, 5.74) is 2.47. The molecular weight excluding hydrogens is 224 g/mol. The summed E-state index contributed by atoms with van der Waals surface area (Å²) in [5.74, 6) is 0. The van der Waals surface area contributed by atoms with E-state index in [2.05, 4.69) is 40.0 Å². The highest BCUT2D eigenvalue weighted by Gasteiger charge is 2.13. The summed E-state index contributed by atoms with van der Waals surface area (Å²) in [5, 5.41) is 11.1. The van der Waals surface area contributed by atoms with Gasteiger partial charge >= 0.3 is 0 Å². The summed E-state index contributed by atoms with van der Waals surface area (Å²) in [6.45, 7) is 3.02. The van der Waals surface area contributed by atoms with Crippen molar-refractivity contribution in [3.05, 3.63) is 48.3 Å². The molecule has 4 nitrogen and oxygen atoms in total. The van der Waals surface area contributed by atoms with Gasteiger partial charge in [-0.05, 0) is 36.7 Å². The van der Waals surface area contributed by atoms with Crippen LogP contribution in [0.2, 0.25) is 0 Å². The SMILES string of the molecule is c1cnn(Cc2ccc(NC3CCNC3)cc2)c1. The maximum atomic E-state index is 4.21. The molecule has 18 heavy (non-hydrogen) atoms. The summed E-state index contributed by atoms with van der Waals surface area (Å²) >= 11 is 0. The van der Waals surface area contributed by atoms with Gasteiger partial charge < -0.3 is 10.6 Å². The molecule has 0 saturated carbocycles. The van der Waals surface area contributed by atoms with Crippen LogP contribution in [0.1, 0.15) is 12.0 Å². The summed E-state index contributed by atoms with van der Waals surface area (Å²) in [6, 6.07) is 11.1. The third kappa shape index (κ3) is 2.71. The highest BCUT2D eigenvalue weighted by Crippen LogP contribution is 2.13. The molecule has 1 atom stereocenters. The molecule has 2 heterocycles. The molecule has 3 rings (SSSR count). The van der Waals surface area contributed by atoms with Gasteiger partial charge in [-0.15, -0.1) is 0 Å². The highest BCUT2D eigenvalue weighted by atomic mass is 15.3. The van der Waals surface area contributed by atoms with E-state index in [1.165, 1.54) is 17.7 Å². The van der Waals surface area contributed by atoms with Crippen molar-refractivity contribution in [3.8, 4) is 0 Å². The Balaban J connectivity index is 1.61. The van der Waals surface area contributed by atoms with Crippen LogP contribution in [0.4, 0.5) is 5.69 Å². The van der Waals surface area contributed by atoms with E-state index in [9.17, 15) is 0 Å². The Hall–Kier alpha value is -1.81. The van der Waals surface area contributed by atoms with Gasteiger partial charge in [-0.1, -0.05) is 12.1 Å². The Morgan fingerprint density at radius 2 is 2.22 bits per heavy atom. The number of benzene rings is 1. The summed E-state index contributed by atoms with van der Waals surface area (Å²) in [7, 11) is 0. The van der Waals surface area contributed by atoms with Gasteiger partial charge in [-0.2, -0.15) is 5.10 Å². The zero-order valence-corrected chi connectivity index (χ0v) is 10.3. The molecule has 4 heteroatoms. The minimum absolute atomic E-state index is 0.571. The molecule has 0 bridgehead atoms. The van der Waals surface area contributed by atoms with Crippen molar-refractivity contribution in [1.82, 2.24) is 15.1 Å². The molecule has 1 aliphatic heterocycles. The second kappa shape index (κ2) is 5.23. The van der Waals surface area contributed by atoms with Crippen molar-refractivity contribution in [2.75, 3.05) is 18.4 Å². The van der Waals surface area contributed by atoms with E-state index in [0.717, 1.165) is 19.6 Å². The van der Waals surface area contributed by atoms with E-state index in [4.69, 9.17) is 0 Å². The molecule has 1 aromatic heterocycles. The largest absolute Gasteiger partial charge is 0.381 e. The lowest BCUT2D eigenvalue weighted by atomic mass is 10.2. The van der Waals surface area contributed by atoms with Crippen molar-refractivity contribution < 1.29 is 0 Å². The number of anilines is 1. The predicted octanol–water partition coefficient (Wildman–Crippen LogP) is 1.71. The predicted molar refractivity (Wildman–Crippen MR) is 72.7 cm³/mol. The first-order valence-corrected chi connectivity index (χ1v) is 6.44. The van der Waals surface area contributed by atoms with Gasteiger partial charge in [-0.3, -0.25) is 4.68 Å². The van der Waals surface area contributed by atoms with Crippen molar-refractivity contribution in [2.24, 2.45) is 0 Å². The number of hydrogen-bond donors (Lipinski definition) is 2. The molecular formula is C14H18N4. The number of rotatable bonds is 4. The lowest BCUT2D eigenvalue weighted by molar-refractivity contribution is 0.687. The summed E-state index contributed by atoms with van der Waals surface area (Å²) in [4.78, 5) is 0. The van der Waals surface area contributed by atoms with Crippen LogP contribution in [0.5, 0.6) is 0 Å². The highest BCUT2D eigenvalue weighted by molar-refractivity contribution is 5.45. The van der Waals surface area contributed by atoms with E-state index in [0.29, 0.717) is 6.04 Å². The molecule has 1 aromatic carbocycles. The molecule has 2 aromatic rings. The van der Waals surface area contributed by atoms with Gasteiger partial charge in [0.2, 0.25) is 0 Å². The molecule has 0 radical (unpaired) electrons. The molecule has 1 unspecified atom stereocenters. The zero-order chi connectivity index (χ0) is 12.2. The lowest BCUT2D eigenvalue weighted by Crippen LogP contribution is -2.21. The lowest BCUT2D eigenvalue weighted by Gasteiger charge is -2.13. The van der Waals surface area contributed by atoms with Crippen LogP contribution in [0.25, 0.3) is 0 Å². The van der Waals surface area contributed by atoms with Gasteiger partial charge in [0.25, 0.3) is 0 Å². The first-order valence-electron chi connectivity index (χ1n) is 6.44. The Morgan fingerprint density at radius 3 is 2.89 bits per heavy atom. The molecule has 1 aliphatic rings. The number of nitrogens with one attached hydrogen (secondary N) is 2. The van der Waals surface area contributed by atoms with Crippen LogP contribution in [0.3, 0.4) is 0 Å². The van der Waals surface area contributed by atoms with Crippen LogP contribution in [0.15, 0.2) is 42.7 Å². The maximum Gasteiger partial charge on any atom is 0.0659 e. The smallest absolute Gasteiger partial charge is 0.0659 e. The van der Waals surface area contributed by atoms with Crippen LogP contribution in [-0.2, 0) is 6.54 Å². The topological polar surface area (TPSA) is 41.9 Å². The van der Waals surface area contributed by atoms with E-state index in [1.807, 2.05) is 23.1 Å². The fourth-order valence-corrected chi connectivity index (χ4v) is 2.30. The van der Waals surface area contributed by atoms with E-state index >= 15 is 0 Å². The normalized spacial score (nSPS) is 19.0. The standard InChI is InChI=1S/C14H18N4/c1-7-16-18(9-1)11-12-2-4-13(5-3-12)17-14-6-8-15-10-14/h1-5,7,9,14-15,17H,6,8,10-11H2. The first kappa shape index (κ1) is 11.3. The third-order valence-corrected chi connectivity index (χ3v) is 3.29. The molecule has 0 amide bonds. The Kier molecular flexibility index (Phi) is 3.28. The van der Waals surface area contributed by atoms with E-state index in [-0.39, 0.29) is 0 Å². The van der Waals surface area contributed by atoms with Crippen LogP contribution in [0, 0.1) is 0 Å². The third-order valence-electron chi connectivity index (χ3n) is 3.29. The fourth-order valence-electron chi connectivity index (χ4n) is 2.30. The van der Waals surface area contributed by atoms with Crippen LogP contribution < -0.4 is 10.6 Å². The molecule has 1 saturated heterocycles. The van der Waals surface area contributed by atoms with Crippen LogP contribution in [-0.4, -0.2) is 28.9 Å². The van der Waals surface area contributed by atoms with Gasteiger partial charge in [0, 0.05) is 30.7 Å². The van der Waals surface area contributed by atoms with Gasteiger partial charge in [0.15, 0.2) is 0 Å². The van der Waals surface area contributed by atoms with Crippen molar-refractivity contribution >= 4 is 5.69 Å². The van der Waals surface area contributed by atoms with Crippen molar-refractivity contribution in [3.63, 3.8) is 0 Å². The fraction of sp³-hybridized carbons (Fsp3) is 0.357. The van der Waals surface area contributed by atoms with E-state index in [1.54, 1.807) is 0 Å². The summed E-state index contributed by atoms with van der Waals surface area (Å²) < 4.78 is 1.93. The Labute approximate surface area is 107 Å². The zero-order valence-electron chi connectivity index (χ0n) is 10.3.